The molecule has 3 aromatic rings. The lowest BCUT2D eigenvalue weighted by atomic mass is 10.00. The number of aryl methyl sites for hydroxylation is 1. The summed E-state index contributed by atoms with van der Waals surface area (Å²) in [5.41, 5.74) is 2.96. The van der Waals surface area contributed by atoms with E-state index in [1.165, 1.54) is 0 Å². The zero-order valence-corrected chi connectivity index (χ0v) is 18.5. The summed E-state index contributed by atoms with van der Waals surface area (Å²) in [6.45, 7) is 8.50. The zero-order valence-electron chi connectivity index (χ0n) is 18.5. The number of nitriles is 1. The van der Waals surface area contributed by atoms with Gasteiger partial charge in [0.2, 0.25) is 12.2 Å². The molecule has 1 aliphatic heterocycles. The Balaban J connectivity index is 1.59. The van der Waals surface area contributed by atoms with Gasteiger partial charge in [-0.1, -0.05) is 55.3 Å². The maximum absolute atomic E-state index is 9.36. The molecule has 4 rings (SSSR count). The van der Waals surface area contributed by atoms with E-state index >= 15 is 0 Å². The number of piperazine rings is 1. The number of aliphatic imine (C=N–C) groups is 1. The molecule has 0 spiro atoms. The Hall–Kier alpha value is -3.93. The molecule has 32 heavy (non-hydrogen) atoms. The van der Waals surface area contributed by atoms with Gasteiger partial charge in [0.1, 0.15) is 0 Å². The van der Waals surface area contributed by atoms with Crippen LogP contribution in [0, 0.1) is 24.3 Å². The second-order valence-electron chi connectivity index (χ2n) is 8.15. The number of rotatable bonds is 4. The number of hydrogen-bond donors (Lipinski definition) is 1. The van der Waals surface area contributed by atoms with E-state index in [9.17, 15) is 5.26 Å². The van der Waals surface area contributed by atoms with Gasteiger partial charge in [0, 0.05) is 25.3 Å². The number of para-hydroxylation sites is 2. The van der Waals surface area contributed by atoms with E-state index in [2.05, 4.69) is 49.5 Å². The Morgan fingerprint density at radius 3 is 2.59 bits per heavy atom. The number of hydrogen-bond acceptors (Lipinski definition) is 6. The molecule has 1 unspecified atom stereocenters. The standard InChI is InChI=1S/C23H27N9/c1-17(2)21-15-30(23-27-28-29-32(23)19-10-5-4-6-11-19)13-14-31(21)22(25-16-24)26-20-12-8-7-9-18(20)3/h4-12,17,21H,13-15H2,1-3H3,(H,25,26). The molecule has 1 atom stereocenters. The number of tetrazole rings is 1. The Morgan fingerprint density at radius 2 is 1.88 bits per heavy atom. The van der Waals surface area contributed by atoms with E-state index in [0.29, 0.717) is 37.5 Å². The predicted molar refractivity (Wildman–Crippen MR) is 125 cm³/mol. The average molecular weight is 430 g/mol. The van der Waals surface area contributed by atoms with E-state index in [1.807, 2.05) is 67.7 Å². The molecule has 0 radical (unpaired) electrons. The zero-order chi connectivity index (χ0) is 22.5. The summed E-state index contributed by atoms with van der Waals surface area (Å²) in [5.74, 6) is 1.61. The first-order valence-corrected chi connectivity index (χ1v) is 10.7. The fourth-order valence-corrected chi connectivity index (χ4v) is 3.99. The molecule has 0 bridgehead atoms. The summed E-state index contributed by atoms with van der Waals surface area (Å²) in [5, 5.41) is 25.2. The molecule has 1 N–H and O–H groups in total. The second kappa shape index (κ2) is 9.47. The number of guanidine groups is 1. The summed E-state index contributed by atoms with van der Waals surface area (Å²) in [6, 6.07) is 18.0. The molecule has 2 aromatic carbocycles. The highest BCUT2D eigenvalue weighted by Crippen LogP contribution is 2.24. The van der Waals surface area contributed by atoms with Crippen LogP contribution in [0.15, 0.2) is 59.6 Å². The van der Waals surface area contributed by atoms with Crippen molar-refractivity contribution in [2.75, 3.05) is 29.9 Å². The molecule has 2 heterocycles. The quantitative estimate of drug-likeness (QED) is 0.387. The highest BCUT2D eigenvalue weighted by molar-refractivity contribution is 5.95. The van der Waals surface area contributed by atoms with E-state index in [0.717, 1.165) is 16.9 Å². The number of anilines is 2. The first-order valence-electron chi connectivity index (χ1n) is 10.7. The molecule has 1 saturated heterocycles. The number of benzene rings is 2. The summed E-state index contributed by atoms with van der Waals surface area (Å²) in [6.07, 6.45) is 1.97. The number of nitrogens with one attached hydrogen (secondary N) is 1. The minimum Gasteiger partial charge on any atom is -0.336 e. The van der Waals surface area contributed by atoms with Gasteiger partial charge in [-0.2, -0.15) is 9.94 Å². The van der Waals surface area contributed by atoms with Gasteiger partial charge in [0.25, 0.3) is 5.95 Å². The van der Waals surface area contributed by atoms with Gasteiger partial charge in [-0.25, -0.2) is 0 Å². The van der Waals surface area contributed by atoms with Crippen LogP contribution in [0.4, 0.5) is 11.6 Å². The van der Waals surface area contributed by atoms with E-state index in [4.69, 9.17) is 0 Å². The van der Waals surface area contributed by atoms with Gasteiger partial charge in [-0.3, -0.25) is 0 Å². The number of aromatic nitrogens is 4. The first-order chi connectivity index (χ1) is 15.6. The van der Waals surface area contributed by atoms with Gasteiger partial charge < -0.3 is 15.1 Å². The molecule has 0 saturated carbocycles. The molecule has 9 heteroatoms. The molecule has 9 nitrogen and oxygen atoms in total. The van der Waals surface area contributed by atoms with Crippen LogP contribution in [0.5, 0.6) is 0 Å². The minimum absolute atomic E-state index is 0.119. The SMILES string of the molecule is Cc1ccccc1N/C(=N/C#N)N1CCN(c2nnnn2-c2ccccc2)CC1C(C)C. The summed E-state index contributed by atoms with van der Waals surface area (Å²) >= 11 is 0. The molecule has 1 fully saturated rings. The van der Waals surface area contributed by atoms with Crippen LogP contribution < -0.4 is 10.2 Å². The van der Waals surface area contributed by atoms with Crippen molar-refractivity contribution >= 4 is 17.6 Å². The third-order valence-electron chi connectivity index (χ3n) is 5.74. The van der Waals surface area contributed by atoms with Gasteiger partial charge in [0.15, 0.2) is 0 Å². The molecule has 0 aliphatic carbocycles. The highest BCUT2D eigenvalue weighted by Gasteiger charge is 2.34. The number of nitrogens with zero attached hydrogens (tertiary/aromatic N) is 8. The smallest absolute Gasteiger partial charge is 0.250 e. The third-order valence-corrected chi connectivity index (χ3v) is 5.74. The van der Waals surface area contributed by atoms with Crippen LogP contribution in [0.3, 0.4) is 0 Å². The molecule has 0 amide bonds. The van der Waals surface area contributed by atoms with Crippen LogP contribution in [0.25, 0.3) is 5.69 Å². The van der Waals surface area contributed by atoms with Crippen molar-refractivity contribution in [3.05, 3.63) is 60.2 Å². The molecular formula is C23H27N9. The summed E-state index contributed by atoms with van der Waals surface area (Å²) < 4.78 is 1.77. The van der Waals surface area contributed by atoms with Crippen molar-refractivity contribution in [3.63, 3.8) is 0 Å². The van der Waals surface area contributed by atoms with Crippen molar-refractivity contribution in [2.24, 2.45) is 10.9 Å². The third kappa shape index (κ3) is 4.39. The lowest BCUT2D eigenvalue weighted by Crippen LogP contribution is -2.59. The van der Waals surface area contributed by atoms with Gasteiger partial charge in [-0.15, -0.1) is 4.99 Å². The maximum atomic E-state index is 9.36. The van der Waals surface area contributed by atoms with E-state index in [1.54, 1.807) is 4.68 Å². The molecule has 164 valence electrons. The molecule has 1 aromatic heterocycles. The van der Waals surface area contributed by atoms with Crippen LogP contribution in [0.1, 0.15) is 19.4 Å². The normalized spacial score (nSPS) is 16.8. The van der Waals surface area contributed by atoms with E-state index < -0.39 is 0 Å². The Morgan fingerprint density at radius 1 is 1.12 bits per heavy atom. The highest BCUT2D eigenvalue weighted by atomic mass is 15.6. The molecular weight excluding hydrogens is 402 g/mol. The fraction of sp³-hybridized carbons (Fsp3) is 0.348. The Labute approximate surface area is 188 Å². The maximum Gasteiger partial charge on any atom is 0.250 e. The predicted octanol–water partition coefficient (Wildman–Crippen LogP) is 3.07. The van der Waals surface area contributed by atoms with Crippen molar-refractivity contribution < 1.29 is 0 Å². The average Bonchev–Trinajstić information content (AvgIpc) is 3.30. The molecule has 1 aliphatic rings. The van der Waals surface area contributed by atoms with Gasteiger partial charge in [-0.05, 0) is 47.0 Å². The van der Waals surface area contributed by atoms with Crippen molar-refractivity contribution in [3.8, 4) is 11.9 Å². The summed E-state index contributed by atoms with van der Waals surface area (Å²) in [7, 11) is 0. The first kappa shape index (κ1) is 21.3. The van der Waals surface area contributed by atoms with Crippen LogP contribution in [-0.4, -0.2) is 56.7 Å². The Bertz CT molecular complexity index is 1110. The van der Waals surface area contributed by atoms with Crippen LogP contribution in [-0.2, 0) is 0 Å². The van der Waals surface area contributed by atoms with Gasteiger partial charge in [0.05, 0.1) is 11.7 Å². The topological polar surface area (TPSA) is 98.3 Å². The largest absolute Gasteiger partial charge is 0.336 e. The van der Waals surface area contributed by atoms with E-state index in [-0.39, 0.29) is 6.04 Å². The van der Waals surface area contributed by atoms with Crippen LogP contribution >= 0.6 is 0 Å². The Kier molecular flexibility index (Phi) is 6.31. The van der Waals surface area contributed by atoms with Crippen molar-refractivity contribution in [1.29, 1.82) is 5.26 Å². The van der Waals surface area contributed by atoms with Crippen molar-refractivity contribution in [1.82, 2.24) is 25.1 Å². The monoisotopic (exact) mass is 429 g/mol. The lowest BCUT2D eigenvalue weighted by molar-refractivity contribution is 0.223. The van der Waals surface area contributed by atoms with Crippen molar-refractivity contribution in [2.45, 2.75) is 26.8 Å². The second-order valence-corrected chi connectivity index (χ2v) is 8.15. The minimum atomic E-state index is 0.119. The lowest BCUT2D eigenvalue weighted by Gasteiger charge is -2.44. The van der Waals surface area contributed by atoms with Gasteiger partial charge >= 0.3 is 0 Å². The fourth-order valence-electron chi connectivity index (χ4n) is 3.99. The van der Waals surface area contributed by atoms with Crippen LogP contribution in [0.2, 0.25) is 0 Å². The summed E-state index contributed by atoms with van der Waals surface area (Å²) in [4.78, 5) is 8.53.